The highest BCUT2D eigenvalue weighted by molar-refractivity contribution is 5.90. The van der Waals surface area contributed by atoms with Gasteiger partial charge in [0.1, 0.15) is 6.61 Å². The van der Waals surface area contributed by atoms with Gasteiger partial charge in [-0.25, -0.2) is 9.59 Å². The van der Waals surface area contributed by atoms with E-state index in [9.17, 15) is 9.59 Å². The number of hydrogen-bond donors (Lipinski definition) is 0. The summed E-state index contributed by atoms with van der Waals surface area (Å²) in [5, 5.41) is 0. The van der Waals surface area contributed by atoms with Crippen LogP contribution in [0, 0.1) is 0 Å². The molecule has 1 aliphatic heterocycles. The van der Waals surface area contributed by atoms with E-state index in [4.69, 9.17) is 9.47 Å². The fourth-order valence-electron chi connectivity index (χ4n) is 2.95. The van der Waals surface area contributed by atoms with Crippen LogP contribution < -0.4 is 0 Å². The van der Waals surface area contributed by atoms with Crippen molar-refractivity contribution >= 4 is 17.6 Å². The normalized spacial score (nSPS) is 14.2. The van der Waals surface area contributed by atoms with Crippen molar-refractivity contribution < 1.29 is 19.1 Å². The monoisotopic (exact) mass is 365 g/mol. The molecule has 1 aliphatic rings. The van der Waals surface area contributed by atoms with Gasteiger partial charge in [0.05, 0.1) is 18.7 Å². The van der Waals surface area contributed by atoms with Gasteiger partial charge in [-0.3, -0.25) is 4.90 Å². The summed E-state index contributed by atoms with van der Waals surface area (Å²) in [7, 11) is 0. The first-order chi connectivity index (χ1) is 13.2. The van der Waals surface area contributed by atoms with Gasteiger partial charge in [0.2, 0.25) is 0 Å². The number of hydrogen-bond acceptors (Lipinski definition) is 4. The number of carbonyl (C=O) groups is 2. The third-order valence-electron chi connectivity index (χ3n) is 4.40. The number of rotatable bonds is 7. The molecule has 5 heteroatoms. The van der Waals surface area contributed by atoms with Gasteiger partial charge in [0.15, 0.2) is 0 Å². The Balaban J connectivity index is 1.81. The number of cyclic esters (lactones) is 1. The molecule has 3 rings (SSSR count). The molecule has 5 nitrogen and oxygen atoms in total. The maximum absolute atomic E-state index is 11.9. The maximum atomic E-state index is 11.9. The Labute approximate surface area is 159 Å². The van der Waals surface area contributed by atoms with E-state index < -0.39 is 0 Å². The lowest BCUT2D eigenvalue weighted by Crippen LogP contribution is -2.17. The molecular weight excluding hydrogens is 342 g/mol. The highest BCUT2D eigenvalue weighted by Gasteiger charge is 2.21. The van der Waals surface area contributed by atoms with Crippen molar-refractivity contribution in [3.63, 3.8) is 0 Å². The zero-order valence-corrected chi connectivity index (χ0v) is 15.4. The van der Waals surface area contributed by atoms with Crippen LogP contribution in [0.15, 0.2) is 60.8 Å². The van der Waals surface area contributed by atoms with E-state index in [1.807, 2.05) is 36.5 Å². The molecule has 0 aromatic heterocycles. The van der Waals surface area contributed by atoms with Crippen LogP contribution in [-0.2, 0) is 15.9 Å². The smallest absolute Gasteiger partial charge is 0.413 e. The molecule has 0 spiro atoms. The number of benzene rings is 2. The van der Waals surface area contributed by atoms with Gasteiger partial charge in [-0.1, -0.05) is 42.5 Å². The highest BCUT2D eigenvalue weighted by Crippen LogP contribution is 2.23. The average molecular weight is 365 g/mol. The summed E-state index contributed by atoms with van der Waals surface area (Å²) in [5.74, 6) is -0.331. The van der Waals surface area contributed by atoms with Crippen LogP contribution in [0.4, 0.5) is 4.79 Å². The molecule has 1 amide bonds. The number of ether oxygens (including phenoxy) is 2. The first kappa shape index (κ1) is 18.7. The summed E-state index contributed by atoms with van der Waals surface area (Å²) in [6, 6.07) is 17.5. The molecule has 2 aromatic rings. The zero-order chi connectivity index (χ0) is 19.1. The van der Waals surface area contributed by atoms with Crippen molar-refractivity contribution in [2.24, 2.45) is 0 Å². The van der Waals surface area contributed by atoms with E-state index >= 15 is 0 Å². The third kappa shape index (κ3) is 4.97. The van der Waals surface area contributed by atoms with Crippen LogP contribution in [0.1, 0.15) is 34.8 Å². The molecule has 140 valence electrons. The number of carbonyl (C=O) groups excluding carboxylic acids is 2. The fourth-order valence-corrected chi connectivity index (χ4v) is 2.95. The van der Waals surface area contributed by atoms with Crippen molar-refractivity contribution in [1.82, 2.24) is 4.90 Å². The van der Waals surface area contributed by atoms with Gasteiger partial charge >= 0.3 is 12.1 Å². The molecule has 1 saturated heterocycles. The minimum Gasteiger partial charge on any atom is -0.462 e. The average Bonchev–Trinajstić information content (AvgIpc) is 3.11. The number of esters is 1. The van der Waals surface area contributed by atoms with Crippen LogP contribution in [0.5, 0.6) is 0 Å². The Bertz CT molecular complexity index is 812. The standard InChI is InChI=1S/C22H23NO4/c1-2-26-21(24)19-12-10-18(11-13-19)20(16-23-14-15-27-22(23)25)9-8-17-6-4-3-5-7-17/h3-7,10-13,16H,2,8-9,14-15H2,1H3/b20-16+. The first-order valence-corrected chi connectivity index (χ1v) is 9.13. The molecule has 1 fully saturated rings. The maximum Gasteiger partial charge on any atom is 0.413 e. The summed E-state index contributed by atoms with van der Waals surface area (Å²) < 4.78 is 10.1. The Morgan fingerprint density at radius 3 is 2.44 bits per heavy atom. The van der Waals surface area contributed by atoms with Crippen LogP contribution in [0.2, 0.25) is 0 Å². The SMILES string of the molecule is CCOC(=O)c1ccc(/C(=C/N2CCOC2=O)CCc2ccccc2)cc1. The van der Waals surface area contributed by atoms with E-state index in [2.05, 4.69) is 12.1 Å². The van der Waals surface area contributed by atoms with E-state index in [-0.39, 0.29) is 12.1 Å². The number of allylic oxidation sites excluding steroid dienone is 1. The van der Waals surface area contributed by atoms with Crippen molar-refractivity contribution in [2.75, 3.05) is 19.8 Å². The molecule has 2 aromatic carbocycles. The van der Waals surface area contributed by atoms with Crippen molar-refractivity contribution in [1.29, 1.82) is 0 Å². The Morgan fingerprint density at radius 1 is 1.11 bits per heavy atom. The van der Waals surface area contributed by atoms with Crippen molar-refractivity contribution in [3.8, 4) is 0 Å². The van der Waals surface area contributed by atoms with Crippen molar-refractivity contribution in [3.05, 3.63) is 77.5 Å². The summed E-state index contributed by atoms with van der Waals surface area (Å²) in [6.07, 6.45) is 3.16. The van der Waals surface area contributed by atoms with Gasteiger partial charge < -0.3 is 9.47 Å². The highest BCUT2D eigenvalue weighted by atomic mass is 16.6. The molecular formula is C22H23NO4. The molecule has 0 saturated carbocycles. The molecule has 0 aliphatic carbocycles. The number of nitrogens with zero attached hydrogens (tertiary/aromatic N) is 1. The predicted octanol–water partition coefficient (Wildman–Crippen LogP) is 4.29. The molecule has 27 heavy (non-hydrogen) atoms. The first-order valence-electron chi connectivity index (χ1n) is 9.13. The van der Waals surface area contributed by atoms with Crippen LogP contribution in [0.3, 0.4) is 0 Å². The summed E-state index contributed by atoms with van der Waals surface area (Å²) in [6.45, 7) is 3.09. The minimum atomic E-state index is -0.331. The minimum absolute atomic E-state index is 0.324. The predicted molar refractivity (Wildman–Crippen MR) is 103 cm³/mol. The summed E-state index contributed by atoms with van der Waals surface area (Å²) in [5.41, 5.74) is 3.74. The lowest BCUT2D eigenvalue weighted by Gasteiger charge is -2.13. The Hall–Kier alpha value is -3.08. The molecule has 0 bridgehead atoms. The van der Waals surface area contributed by atoms with Gasteiger partial charge in [-0.05, 0) is 48.6 Å². The van der Waals surface area contributed by atoms with Gasteiger partial charge in [0.25, 0.3) is 0 Å². The molecule has 0 atom stereocenters. The van der Waals surface area contributed by atoms with E-state index in [1.165, 1.54) is 5.56 Å². The third-order valence-corrected chi connectivity index (χ3v) is 4.40. The molecule has 1 heterocycles. The van der Waals surface area contributed by atoms with Crippen LogP contribution in [-0.4, -0.2) is 36.7 Å². The Kier molecular flexibility index (Phi) is 6.26. The number of amides is 1. The lowest BCUT2D eigenvalue weighted by atomic mass is 9.98. The molecule has 0 unspecified atom stereocenters. The van der Waals surface area contributed by atoms with Gasteiger partial charge in [0, 0.05) is 6.20 Å². The fraction of sp³-hybridized carbons (Fsp3) is 0.273. The quantitative estimate of drug-likeness (QED) is 0.687. The number of aryl methyl sites for hydroxylation is 1. The van der Waals surface area contributed by atoms with E-state index in [0.29, 0.717) is 25.3 Å². The van der Waals surface area contributed by atoms with E-state index in [1.54, 1.807) is 24.0 Å². The largest absolute Gasteiger partial charge is 0.462 e. The van der Waals surface area contributed by atoms with E-state index in [0.717, 1.165) is 24.0 Å². The summed E-state index contributed by atoms with van der Waals surface area (Å²) in [4.78, 5) is 25.3. The van der Waals surface area contributed by atoms with Crippen LogP contribution >= 0.6 is 0 Å². The Morgan fingerprint density at radius 2 is 1.81 bits per heavy atom. The van der Waals surface area contributed by atoms with Gasteiger partial charge in [-0.2, -0.15) is 0 Å². The van der Waals surface area contributed by atoms with Crippen LogP contribution in [0.25, 0.3) is 5.57 Å². The zero-order valence-electron chi connectivity index (χ0n) is 15.4. The lowest BCUT2D eigenvalue weighted by molar-refractivity contribution is 0.0526. The second kappa shape index (κ2) is 9.03. The molecule has 0 radical (unpaired) electrons. The summed E-state index contributed by atoms with van der Waals surface area (Å²) >= 11 is 0. The second-order valence-electron chi connectivity index (χ2n) is 6.25. The molecule has 0 N–H and O–H groups in total. The van der Waals surface area contributed by atoms with Gasteiger partial charge in [-0.15, -0.1) is 0 Å². The second-order valence-corrected chi connectivity index (χ2v) is 6.25. The topological polar surface area (TPSA) is 55.8 Å². The van der Waals surface area contributed by atoms with Crippen molar-refractivity contribution in [2.45, 2.75) is 19.8 Å².